The molecule has 1 rings (SSSR count). The first-order valence-corrected chi connectivity index (χ1v) is 5.31. The van der Waals surface area contributed by atoms with E-state index in [1.165, 1.54) is 11.1 Å². The molecule has 0 N–H and O–H groups in total. The molecular formula is C13H18N2O. The number of ether oxygens (including phenoxy) is 1. The van der Waals surface area contributed by atoms with Gasteiger partial charge in [-0.15, -0.1) is 0 Å². The zero-order valence-corrected chi connectivity index (χ0v) is 10.2. The van der Waals surface area contributed by atoms with E-state index in [1.807, 2.05) is 26.2 Å². The number of hydrogen-bond acceptors (Lipinski definition) is 2. The lowest BCUT2D eigenvalue weighted by molar-refractivity contribution is 0.371. The Labute approximate surface area is 97.5 Å². The summed E-state index contributed by atoms with van der Waals surface area (Å²) in [6.07, 6.45) is 0.813. The van der Waals surface area contributed by atoms with Crippen molar-refractivity contribution in [3.63, 3.8) is 0 Å². The van der Waals surface area contributed by atoms with Crippen molar-refractivity contribution in [1.29, 1.82) is 0 Å². The largest absolute Gasteiger partial charge is 0.496 e. The molecule has 0 spiro atoms. The van der Waals surface area contributed by atoms with Crippen molar-refractivity contribution in [2.45, 2.75) is 13.0 Å². The minimum Gasteiger partial charge on any atom is -0.496 e. The van der Waals surface area contributed by atoms with Crippen molar-refractivity contribution >= 4 is 0 Å². The number of methoxy groups -OCH3 is 1. The average Bonchev–Trinajstić information content (AvgIpc) is 2.26. The second-order valence-electron chi connectivity index (χ2n) is 4.02. The van der Waals surface area contributed by atoms with Crippen LogP contribution in [0, 0.1) is 6.57 Å². The van der Waals surface area contributed by atoms with Crippen molar-refractivity contribution in [3.8, 4) is 5.75 Å². The van der Waals surface area contributed by atoms with Gasteiger partial charge in [-0.05, 0) is 25.7 Å². The van der Waals surface area contributed by atoms with Gasteiger partial charge in [-0.25, -0.2) is 6.57 Å². The van der Waals surface area contributed by atoms with Gasteiger partial charge in [0.05, 0.1) is 7.11 Å². The smallest absolute Gasteiger partial charge is 0.218 e. The van der Waals surface area contributed by atoms with Crippen LogP contribution in [-0.4, -0.2) is 32.6 Å². The molecule has 0 atom stereocenters. The van der Waals surface area contributed by atoms with E-state index in [4.69, 9.17) is 11.3 Å². The van der Waals surface area contributed by atoms with Crippen LogP contribution < -0.4 is 4.74 Å². The van der Waals surface area contributed by atoms with Crippen LogP contribution >= 0.6 is 0 Å². The highest BCUT2D eigenvalue weighted by atomic mass is 16.5. The van der Waals surface area contributed by atoms with Gasteiger partial charge in [-0.2, -0.15) is 0 Å². The Morgan fingerprint density at radius 3 is 2.69 bits per heavy atom. The first-order valence-electron chi connectivity index (χ1n) is 5.31. The van der Waals surface area contributed by atoms with Gasteiger partial charge >= 0.3 is 0 Å². The normalized spacial score (nSPS) is 10.2. The molecule has 0 aliphatic heterocycles. The van der Waals surface area contributed by atoms with E-state index in [1.54, 1.807) is 7.11 Å². The average molecular weight is 218 g/mol. The van der Waals surface area contributed by atoms with Crippen LogP contribution in [0.25, 0.3) is 4.85 Å². The fraction of sp³-hybridized carbons (Fsp3) is 0.462. The van der Waals surface area contributed by atoms with Crippen LogP contribution in [0.4, 0.5) is 0 Å². The molecule has 0 unspecified atom stereocenters. The van der Waals surface area contributed by atoms with Gasteiger partial charge in [0.2, 0.25) is 6.54 Å². The molecule has 0 saturated carbocycles. The van der Waals surface area contributed by atoms with E-state index in [-0.39, 0.29) is 0 Å². The molecule has 16 heavy (non-hydrogen) atoms. The van der Waals surface area contributed by atoms with Gasteiger partial charge in [0, 0.05) is 18.5 Å². The van der Waals surface area contributed by atoms with Gasteiger partial charge in [0.15, 0.2) is 0 Å². The Morgan fingerprint density at radius 2 is 2.12 bits per heavy atom. The SMILES string of the molecule is [C-]#[N+]CCc1ccc(OC)c(CN(C)C)c1. The lowest BCUT2D eigenvalue weighted by atomic mass is 10.1. The van der Waals surface area contributed by atoms with Crippen LogP contribution in [0.3, 0.4) is 0 Å². The highest BCUT2D eigenvalue weighted by molar-refractivity contribution is 5.37. The molecule has 0 radical (unpaired) electrons. The molecule has 86 valence electrons. The lowest BCUT2D eigenvalue weighted by Crippen LogP contribution is -2.12. The number of benzene rings is 1. The standard InChI is InChI=1S/C13H18N2O/c1-14-8-7-11-5-6-13(16-4)12(9-11)10-15(2)3/h5-6,9H,7-8,10H2,2-4H3. The molecule has 0 aliphatic carbocycles. The summed E-state index contributed by atoms with van der Waals surface area (Å²) < 4.78 is 5.32. The molecule has 1 aromatic carbocycles. The first-order chi connectivity index (χ1) is 7.67. The van der Waals surface area contributed by atoms with Crippen molar-refractivity contribution in [1.82, 2.24) is 4.90 Å². The van der Waals surface area contributed by atoms with Gasteiger partial charge in [0.25, 0.3) is 0 Å². The maximum absolute atomic E-state index is 6.79. The molecular weight excluding hydrogens is 200 g/mol. The van der Waals surface area contributed by atoms with E-state index in [2.05, 4.69) is 15.8 Å². The van der Waals surface area contributed by atoms with Crippen LogP contribution in [0.2, 0.25) is 0 Å². The molecule has 0 bridgehead atoms. The second kappa shape index (κ2) is 6.14. The van der Waals surface area contributed by atoms with Crippen molar-refractivity contribution in [2.24, 2.45) is 0 Å². The summed E-state index contributed by atoms with van der Waals surface area (Å²) in [7, 11) is 5.75. The maximum atomic E-state index is 6.79. The molecule has 0 heterocycles. The summed E-state index contributed by atoms with van der Waals surface area (Å²) in [6.45, 7) is 8.19. The fourth-order valence-electron chi connectivity index (χ4n) is 1.64. The summed E-state index contributed by atoms with van der Waals surface area (Å²) in [4.78, 5) is 5.48. The molecule has 3 heteroatoms. The zero-order valence-electron chi connectivity index (χ0n) is 10.2. The molecule has 0 amide bonds. The Bertz CT molecular complexity index is 380. The number of rotatable bonds is 5. The Morgan fingerprint density at radius 1 is 1.38 bits per heavy atom. The third kappa shape index (κ3) is 3.56. The summed E-state index contributed by atoms with van der Waals surface area (Å²) in [5.41, 5.74) is 2.38. The zero-order chi connectivity index (χ0) is 12.0. The summed E-state index contributed by atoms with van der Waals surface area (Å²) in [6, 6.07) is 6.14. The van der Waals surface area contributed by atoms with Gasteiger partial charge in [-0.3, -0.25) is 0 Å². The van der Waals surface area contributed by atoms with Crippen LogP contribution in [0.5, 0.6) is 5.75 Å². The van der Waals surface area contributed by atoms with E-state index in [9.17, 15) is 0 Å². The first kappa shape index (κ1) is 12.5. The quantitative estimate of drug-likeness (QED) is 0.705. The number of nitrogens with zero attached hydrogens (tertiary/aromatic N) is 2. The third-order valence-corrected chi connectivity index (χ3v) is 2.34. The summed E-state index contributed by atoms with van der Waals surface area (Å²) in [5, 5.41) is 0. The van der Waals surface area contributed by atoms with Crippen molar-refractivity contribution < 1.29 is 4.74 Å². The van der Waals surface area contributed by atoms with Crippen LogP contribution in [0.15, 0.2) is 18.2 Å². The van der Waals surface area contributed by atoms with E-state index >= 15 is 0 Å². The Hall–Kier alpha value is -1.53. The maximum Gasteiger partial charge on any atom is 0.218 e. The van der Waals surface area contributed by atoms with Crippen LogP contribution in [-0.2, 0) is 13.0 Å². The van der Waals surface area contributed by atoms with Crippen molar-refractivity contribution in [3.05, 3.63) is 40.7 Å². The molecule has 0 aromatic heterocycles. The highest BCUT2D eigenvalue weighted by Gasteiger charge is 2.06. The second-order valence-corrected chi connectivity index (χ2v) is 4.02. The molecule has 0 saturated heterocycles. The molecule has 0 aliphatic rings. The van der Waals surface area contributed by atoms with Crippen molar-refractivity contribution in [2.75, 3.05) is 27.7 Å². The van der Waals surface area contributed by atoms with Gasteiger partial charge in [0.1, 0.15) is 5.75 Å². The number of hydrogen-bond donors (Lipinski definition) is 0. The van der Waals surface area contributed by atoms with E-state index in [0.29, 0.717) is 6.54 Å². The topological polar surface area (TPSA) is 16.8 Å². The van der Waals surface area contributed by atoms with Gasteiger partial charge in [-0.1, -0.05) is 12.1 Å². The third-order valence-electron chi connectivity index (χ3n) is 2.34. The minimum atomic E-state index is 0.549. The van der Waals surface area contributed by atoms with E-state index in [0.717, 1.165) is 18.7 Å². The summed E-state index contributed by atoms with van der Waals surface area (Å²) >= 11 is 0. The lowest BCUT2D eigenvalue weighted by Gasteiger charge is -2.14. The predicted octanol–water partition coefficient (Wildman–Crippen LogP) is 2.22. The molecule has 1 aromatic rings. The fourth-order valence-corrected chi connectivity index (χ4v) is 1.64. The Kier molecular flexibility index (Phi) is 4.81. The van der Waals surface area contributed by atoms with Crippen LogP contribution in [0.1, 0.15) is 11.1 Å². The Balaban J connectivity index is 2.88. The van der Waals surface area contributed by atoms with Gasteiger partial charge < -0.3 is 14.5 Å². The minimum absolute atomic E-state index is 0.549. The highest BCUT2D eigenvalue weighted by Crippen LogP contribution is 2.21. The predicted molar refractivity (Wildman–Crippen MR) is 65.6 cm³/mol. The monoisotopic (exact) mass is 218 g/mol. The van der Waals surface area contributed by atoms with E-state index < -0.39 is 0 Å². The summed E-state index contributed by atoms with van der Waals surface area (Å²) in [5.74, 6) is 0.917. The molecule has 0 fully saturated rings. The molecule has 3 nitrogen and oxygen atoms in total.